The van der Waals surface area contributed by atoms with Crippen LogP contribution in [0.25, 0.3) is 0 Å². The molecule has 0 aliphatic carbocycles. The van der Waals surface area contributed by atoms with Crippen molar-refractivity contribution in [1.29, 1.82) is 0 Å². The molecule has 11 heavy (non-hydrogen) atoms. The van der Waals surface area contributed by atoms with Crippen LogP contribution in [-0.2, 0) is 0 Å². The van der Waals surface area contributed by atoms with Gasteiger partial charge in [0, 0.05) is 6.20 Å². The highest BCUT2D eigenvalue weighted by Crippen LogP contribution is 2.19. The molecule has 4 nitrogen and oxygen atoms in total. The second-order valence-corrected chi connectivity index (χ2v) is 2.65. The molecule has 0 fully saturated rings. The number of aromatic nitrogens is 1. The molecule has 0 atom stereocenters. The van der Waals surface area contributed by atoms with Gasteiger partial charge in [0.05, 0.1) is 17.8 Å². The van der Waals surface area contributed by atoms with E-state index in [0.29, 0.717) is 5.69 Å². The first kappa shape index (κ1) is 6.48. The Balaban J connectivity index is 2.52. The SMILES string of the molecule is O=C1NSNc2cccnc21. The summed E-state index contributed by atoms with van der Waals surface area (Å²) in [5.41, 5.74) is 1.22. The number of amides is 1. The number of fused-ring (bicyclic) bond motifs is 1. The predicted molar refractivity (Wildman–Crippen MR) is 42.9 cm³/mol. The molecule has 0 aromatic carbocycles. The van der Waals surface area contributed by atoms with E-state index in [-0.39, 0.29) is 5.91 Å². The summed E-state index contributed by atoms with van der Waals surface area (Å²) in [5, 5.41) is 0. The molecule has 0 saturated heterocycles. The van der Waals surface area contributed by atoms with Crippen molar-refractivity contribution < 1.29 is 4.79 Å². The molecule has 1 aromatic rings. The Bertz CT molecular complexity index is 302. The van der Waals surface area contributed by atoms with E-state index in [9.17, 15) is 4.79 Å². The molecule has 2 N–H and O–H groups in total. The predicted octanol–water partition coefficient (Wildman–Crippen LogP) is 0.800. The Morgan fingerprint density at radius 2 is 2.36 bits per heavy atom. The molecular formula is C6H5N3OS. The first-order valence-electron chi connectivity index (χ1n) is 3.05. The number of anilines is 1. The lowest BCUT2D eigenvalue weighted by molar-refractivity contribution is 0.0979. The van der Waals surface area contributed by atoms with Crippen LogP contribution in [0.4, 0.5) is 5.69 Å². The summed E-state index contributed by atoms with van der Waals surface area (Å²) in [7, 11) is 0. The van der Waals surface area contributed by atoms with Crippen LogP contribution in [-0.4, -0.2) is 10.9 Å². The van der Waals surface area contributed by atoms with Crippen LogP contribution in [0, 0.1) is 0 Å². The zero-order valence-corrected chi connectivity index (χ0v) is 6.31. The molecule has 1 amide bonds. The number of hydrogen-bond donors (Lipinski definition) is 2. The van der Waals surface area contributed by atoms with Crippen LogP contribution in [0.3, 0.4) is 0 Å². The van der Waals surface area contributed by atoms with Crippen molar-refractivity contribution in [1.82, 2.24) is 9.71 Å². The van der Waals surface area contributed by atoms with E-state index in [1.807, 2.05) is 6.07 Å². The topological polar surface area (TPSA) is 54.0 Å². The number of nitrogens with zero attached hydrogens (tertiary/aromatic N) is 1. The second kappa shape index (κ2) is 2.43. The summed E-state index contributed by atoms with van der Waals surface area (Å²) in [6, 6.07) is 3.60. The number of carbonyl (C=O) groups is 1. The maximum Gasteiger partial charge on any atom is 0.283 e. The molecule has 1 aliphatic rings. The third kappa shape index (κ3) is 1.03. The lowest BCUT2D eigenvalue weighted by Crippen LogP contribution is -2.24. The summed E-state index contributed by atoms with van der Waals surface area (Å²) in [5.74, 6) is -0.149. The Kier molecular flexibility index (Phi) is 1.43. The molecule has 0 unspecified atom stereocenters. The highest BCUT2D eigenvalue weighted by molar-refractivity contribution is 7.99. The van der Waals surface area contributed by atoms with Crippen molar-refractivity contribution in [2.75, 3.05) is 4.72 Å². The summed E-state index contributed by atoms with van der Waals surface area (Å²) < 4.78 is 5.46. The van der Waals surface area contributed by atoms with E-state index in [0.717, 1.165) is 17.8 Å². The van der Waals surface area contributed by atoms with E-state index >= 15 is 0 Å². The minimum atomic E-state index is -0.149. The average Bonchev–Trinajstić information content (AvgIpc) is 2.06. The van der Waals surface area contributed by atoms with Gasteiger partial charge in [-0.1, -0.05) is 0 Å². The highest BCUT2D eigenvalue weighted by atomic mass is 32.2. The zero-order chi connectivity index (χ0) is 7.68. The van der Waals surface area contributed by atoms with Gasteiger partial charge in [0.1, 0.15) is 0 Å². The molecule has 1 aliphatic heterocycles. The molecule has 0 radical (unpaired) electrons. The molecule has 0 saturated carbocycles. The van der Waals surface area contributed by atoms with Gasteiger partial charge < -0.3 is 4.72 Å². The van der Waals surface area contributed by atoms with Crippen molar-refractivity contribution in [2.45, 2.75) is 0 Å². The fourth-order valence-corrected chi connectivity index (χ4v) is 1.36. The number of hydrogen-bond acceptors (Lipinski definition) is 4. The minimum Gasteiger partial charge on any atom is -0.310 e. The normalized spacial score (nSPS) is 14.7. The molecule has 1 aromatic heterocycles. The fraction of sp³-hybridized carbons (Fsp3) is 0. The van der Waals surface area contributed by atoms with Crippen molar-refractivity contribution >= 4 is 23.7 Å². The molecule has 0 bridgehead atoms. The summed E-state index contributed by atoms with van der Waals surface area (Å²) in [4.78, 5) is 15.0. The van der Waals surface area contributed by atoms with Gasteiger partial charge in [-0.05, 0) is 12.1 Å². The second-order valence-electron chi connectivity index (χ2n) is 2.03. The van der Waals surface area contributed by atoms with Crippen LogP contribution in [0.1, 0.15) is 10.5 Å². The van der Waals surface area contributed by atoms with Crippen molar-refractivity contribution in [3.05, 3.63) is 24.0 Å². The minimum absolute atomic E-state index is 0.149. The lowest BCUT2D eigenvalue weighted by Gasteiger charge is -2.14. The lowest BCUT2D eigenvalue weighted by atomic mass is 10.3. The van der Waals surface area contributed by atoms with Gasteiger partial charge in [0.25, 0.3) is 5.91 Å². The zero-order valence-electron chi connectivity index (χ0n) is 5.50. The first-order valence-corrected chi connectivity index (χ1v) is 3.87. The van der Waals surface area contributed by atoms with Crippen LogP contribution in [0.2, 0.25) is 0 Å². The van der Waals surface area contributed by atoms with Gasteiger partial charge in [0.15, 0.2) is 5.69 Å². The largest absolute Gasteiger partial charge is 0.310 e. The Morgan fingerprint density at radius 1 is 1.45 bits per heavy atom. The smallest absolute Gasteiger partial charge is 0.283 e. The van der Waals surface area contributed by atoms with E-state index < -0.39 is 0 Å². The number of carbonyl (C=O) groups excluding carboxylic acids is 1. The number of nitrogens with one attached hydrogen (secondary N) is 2. The number of rotatable bonds is 0. The van der Waals surface area contributed by atoms with Gasteiger partial charge in [-0.25, -0.2) is 4.98 Å². The summed E-state index contributed by atoms with van der Waals surface area (Å²) in [6.07, 6.45) is 1.59. The van der Waals surface area contributed by atoms with Crippen molar-refractivity contribution in [2.24, 2.45) is 0 Å². The molecule has 5 heteroatoms. The molecule has 56 valence electrons. The average molecular weight is 167 g/mol. The maximum absolute atomic E-state index is 11.1. The maximum atomic E-state index is 11.1. The Labute approximate surface area is 67.7 Å². The van der Waals surface area contributed by atoms with Gasteiger partial charge in [0.2, 0.25) is 0 Å². The van der Waals surface area contributed by atoms with E-state index in [1.165, 1.54) is 0 Å². The fourth-order valence-electron chi connectivity index (χ4n) is 0.844. The highest BCUT2D eigenvalue weighted by Gasteiger charge is 2.16. The van der Waals surface area contributed by atoms with Crippen LogP contribution in [0.15, 0.2) is 18.3 Å². The Hall–Kier alpha value is -1.23. The summed E-state index contributed by atoms with van der Waals surface area (Å²) >= 11 is 1.16. The first-order chi connectivity index (χ1) is 5.38. The van der Waals surface area contributed by atoms with Gasteiger partial charge in [-0.2, -0.15) is 0 Å². The van der Waals surface area contributed by atoms with Crippen molar-refractivity contribution in [3.8, 4) is 0 Å². The molecule has 2 heterocycles. The molecule has 2 rings (SSSR count). The monoisotopic (exact) mass is 167 g/mol. The molecular weight excluding hydrogens is 162 g/mol. The van der Waals surface area contributed by atoms with Gasteiger partial charge >= 0.3 is 0 Å². The standard InChI is InChI=1S/C6H5N3OS/c10-6-5-4(8-11-9-6)2-1-3-7-5/h1-3,8H,(H,9,10). The quantitative estimate of drug-likeness (QED) is 0.561. The van der Waals surface area contributed by atoms with Crippen LogP contribution >= 0.6 is 12.1 Å². The van der Waals surface area contributed by atoms with Gasteiger partial charge in [-0.15, -0.1) is 0 Å². The van der Waals surface area contributed by atoms with Gasteiger partial charge in [-0.3, -0.25) is 9.52 Å². The molecule has 0 spiro atoms. The number of pyridine rings is 1. The van der Waals surface area contributed by atoms with E-state index in [1.54, 1.807) is 12.3 Å². The Morgan fingerprint density at radius 3 is 3.18 bits per heavy atom. The van der Waals surface area contributed by atoms with Crippen LogP contribution < -0.4 is 9.44 Å². The van der Waals surface area contributed by atoms with E-state index in [2.05, 4.69) is 14.4 Å². The van der Waals surface area contributed by atoms with Crippen LogP contribution in [0.5, 0.6) is 0 Å². The summed E-state index contributed by atoms with van der Waals surface area (Å²) in [6.45, 7) is 0. The van der Waals surface area contributed by atoms with E-state index in [4.69, 9.17) is 0 Å². The third-order valence-electron chi connectivity index (χ3n) is 1.33. The third-order valence-corrected chi connectivity index (χ3v) is 1.94. The van der Waals surface area contributed by atoms with Crippen molar-refractivity contribution in [3.63, 3.8) is 0 Å².